The van der Waals surface area contributed by atoms with Gasteiger partial charge in [0, 0.05) is 38.0 Å². The van der Waals surface area contributed by atoms with Crippen molar-refractivity contribution >= 4 is 15.9 Å². The Morgan fingerprint density at radius 2 is 1.69 bits per heavy atom. The zero-order valence-corrected chi connectivity index (χ0v) is 20.4. The molecule has 4 rings (SSSR count). The normalized spacial score (nSPS) is 21.3. The molecule has 2 fully saturated rings. The summed E-state index contributed by atoms with van der Waals surface area (Å²) in [4.78, 5) is 14.4. The number of carbonyl (C=O) groups is 1. The molecule has 0 radical (unpaired) electrons. The highest BCUT2D eigenvalue weighted by Gasteiger charge is 2.44. The van der Waals surface area contributed by atoms with Gasteiger partial charge in [-0.2, -0.15) is 4.31 Å². The van der Waals surface area contributed by atoms with Crippen molar-refractivity contribution in [2.45, 2.75) is 68.4 Å². The number of amides is 1. The van der Waals surface area contributed by atoms with Crippen molar-refractivity contribution < 1.29 is 30.8 Å². The van der Waals surface area contributed by atoms with Crippen molar-refractivity contribution in [3.63, 3.8) is 0 Å². The second kappa shape index (κ2) is 9.54. The molecule has 1 amide bonds. The number of nitrogens with zero attached hydrogens (tertiary/aromatic N) is 2. The number of hydrogen-bond donors (Lipinski definition) is 0. The van der Waals surface area contributed by atoms with E-state index in [0.717, 1.165) is 16.4 Å². The predicted octanol–water partition coefficient (Wildman–Crippen LogP) is 5.13. The maximum atomic E-state index is 14.6. The Kier molecular flexibility index (Phi) is 6.98. The summed E-state index contributed by atoms with van der Waals surface area (Å²) in [6.07, 6.45) is 0.362. The number of aryl methyl sites for hydroxylation is 1. The molecule has 1 saturated heterocycles. The molecule has 2 aliphatic rings. The summed E-state index contributed by atoms with van der Waals surface area (Å²) in [5, 5.41) is 0. The molecule has 2 aromatic rings. The van der Waals surface area contributed by atoms with Gasteiger partial charge in [-0.15, -0.1) is 0 Å². The first kappa shape index (κ1) is 25.6. The van der Waals surface area contributed by atoms with Gasteiger partial charge in [-0.1, -0.05) is 17.7 Å². The lowest BCUT2D eigenvalue weighted by Crippen LogP contribution is -2.50. The molecule has 0 spiro atoms. The number of carbonyl (C=O) groups excluding carboxylic acids is 1. The van der Waals surface area contributed by atoms with Crippen LogP contribution in [0.5, 0.6) is 0 Å². The summed E-state index contributed by atoms with van der Waals surface area (Å²) in [5.41, 5.74) is 0.0585. The van der Waals surface area contributed by atoms with E-state index in [1.807, 2.05) is 0 Å². The van der Waals surface area contributed by atoms with E-state index >= 15 is 0 Å². The quantitative estimate of drug-likeness (QED) is 0.522. The van der Waals surface area contributed by atoms with E-state index in [4.69, 9.17) is 0 Å². The zero-order chi connectivity index (χ0) is 25.5. The highest BCUT2D eigenvalue weighted by molar-refractivity contribution is 7.89. The second-order valence-electron chi connectivity index (χ2n) is 9.41. The molecule has 190 valence electrons. The lowest BCUT2D eigenvalue weighted by Gasteiger charge is -2.37. The van der Waals surface area contributed by atoms with Crippen LogP contribution in [0.15, 0.2) is 41.3 Å². The summed E-state index contributed by atoms with van der Waals surface area (Å²) < 4.78 is 85.0. The van der Waals surface area contributed by atoms with E-state index in [1.165, 1.54) is 36.2 Å². The highest BCUT2D eigenvalue weighted by atomic mass is 32.2. The molecular formula is C25H28F4N2O3S. The number of benzene rings is 2. The molecule has 10 heteroatoms. The maximum absolute atomic E-state index is 14.6. The van der Waals surface area contributed by atoms with Gasteiger partial charge in [-0.3, -0.25) is 4.79 Å². The van der Waals surface area contributed by atoms with Gasteiger partial charge in [0.15, 0.2) is 0 Å². The van der Waals surface area contributed by atoms with Gasteiger partial charge in [-0.25, -0.2) is 26.0 Å². The zero-order valence-electron chi connectivity index (χ0n) is 19.6. The molecule has 0 aromatic heterocycles. The first-order chi connectivity index (χ1) is 16.4. The fourth-order valence-electron chi connectivity index (χ4n) is 5.05. The van der Waals surface area contributed by atoms with Gasteiger partial charge in [0.1, 0.15) is 17.7 Å². The minimum Gasteiger partial charge on any atom is -0.341 e. The Bertz CT molecular complexity index is 1200. The van der Waals surface area contributed by atoms with Crippen LogP contribution in [-0.4, -0.2) is 55.1 Å². The Labute approximate surface area is 202 Å². The molecule has 0 bridgehead atoms. The molecule has 0 N–H and O–H groups in total. The van der Waals surface area contributed by atoms with E-state index in [-0.39, 0.29) is 49.1 Å². The van der Waals surface area contributed by atoms with E-state index in [2.05, 4.69) is 0 Å². The number of rotatable bonds is 5. The Morgan fingerprint density at radius 3 is 2.31 bits per heavy atom. The van der Waals surface area contributed by atoms with E-state index in [0.29, 0.717) is 12.0 Å². The van der Waals surface area contributed by atoms with E-state index in [1.54, 1.807) is 6.92 Å². The smallest absolute Gasteiger partial charge is 0.248 e. The fourth-order valence-corrected chi connectivity index (χ4v) is 6.88. The average Bonchev–Trinajstić information content (AvgIpc) is 3.29. The van der Waals surface area contributed by atoms with Crippen LogP contribution >= 0.6 is 0 Å². The number of sulfonamides is 1. The van der Waals surface area contributed by atoms with Crippen molar-refractivity contribution in [2.24, 2.45) is 0 Å². The number of hydrogen-bond acceptors (Lipinski definition) is 3. The largest absolute Gasteiger partial charge is 0.341 e. The molecule has 0 unspecified atom stereocenters. The van der Waals surface area contributed by atoms with Crippen LogP contribution in [0.25, 0.3) is 11.1 Å². The van der Waals surface area contributed by atoms with Crippen LogP contribution in [0, 0.1) is 18.6 Å². The molecule has 2 aromatic carbocycles. The minimum atomic E-state index is -4.31. The number of halogens is 4. The van der Waals surface area contributed by atoms with Gasteiger partial charge < -0.3 is 4.90 Å². The van der Waals surface area contributed by atoms with Crippen LogP contribution in [0.1, 0.15) is 44.1 Å². The third-order valence-electron chi connectivity index (χ3n) is 7.02. The van der Waals surface area contributed by atoms with E-state index < -0.39 is 51.1 Å². The van der Waals surface area contributed by atoms with Crippen LogP contribution in [0.2, 0.25) is 0 Å². The highest BCUT2D eigenvalue weighted by Crippen LogP contribution is 2.38. The van der Waals surface area contributed by atoms with Gasteiger partial charge in [0.25, 0.3) is 0 Å². The van der Waals surface area contributed by atoms with Crippen LogP contribution < -0.4 is 0 Å². The van der Waals surface area contributed by atoms with Gasteiger partial charge in [0.05, 0.1) is 10.5 Å². The summed E-state index contributed by atoms with van der Waals surface area (Å²) in [7, 11) is -2.79. The van der Waals surface area contributed by atoms with Crippen LogP contribution in [0.4, 0.5) is 17.6 Å². The number of alkyl halides is 2. The van der Waals surface area contributed by atoms with Gasteiger partial charge >= 0.3 is 0 Å². The third-order valence-corrected chi connectivity index (χ3v) is 8.99. The number of likely N-dealkylation sites (N-methyl/N-ethyl adjacent to an activating group) is 1. The Balaban J connectivity index is 1.67. The SMILES string of the molecule is Cc1ccc(S(=O)(=O)N2CCC[C@H]2C(=O)N(C)C2CCC(F)(F)CC2)c(-c2c(F)cccc2F)c1. The Hall–Kier alpha value is -2.46. The Morgan fingerprint density at radius 1 is 1.06 bits per heavy atom. The third kappa shape index (κ3) is 4.95. The summed E-state index contributed by atoms with van der Waals surface area (Å²) in [6, 6.07) is 6.17. The van der Waals surface area contributed by atoms with Crippen molar-refractivity contribution in [3.8, 4) is 11.1 Å². The summed E-state index contributed by atoms with van der Waals surface area (Å²) in [6.45, 7) is 1.76. The molecule has 5 nitrogen and oxygen atoms in total. The van der Waals surface area contributed by atoms with Crippen molar-refractivity contribution in [1.29, 1.82) is 0 Å². The molecular weight excluding hydrogens is 484 g/mol. The summed E-state index contributed by atoms with van der Waals surface area (Å²) in [5.74, 6) is -4.98. The second-order valence-corrected chi connectivity index (χ2v) is 11.3. The van der Waals surface area contributed by atoms with Crippen molar-refractivity contribution in [1.82, 2.24) is 9.21 Å². The monoisotopic (exact) mass is 512 g/mol. The first-order valence-corrected chi connectivity index (χ1v) is 13.1. The average molecular weight is 513 g/mol. The minimum absolute atomic E-state index is 0.0718. The fraction of sp³-hybridized carbons (Fsp3) is 0.480. The predicted molar refractivity (Wildman–Crippen MR) is 123 cm³/mol. The standard InChI is InChI=1S/C25H28F4N2O3S/c1-16-8-9-22(18(15-16)23-19(26)5-3-6-20(23)27)35(33,34)31-14-4-7-21(31)24(32)30(2)17-10-12-25(28,29)13-11-17/h3,5-6,8-9,15,17,21H,4,7,10-14H2,1-2H3/t21-/m0/s1. The molecule has 35 heavy (non-hydrogen) atoms. The lowest BCUT2D eigenvalue weighted by molar-refractivity contribution is -0.138. The van der Waals surface area contributed by atoms with Crippen molar-refractivity contribution in [2.75, 3.05) is 13.6 Å². The van der Waals surface area contributed by atoms with Crippen LogP contribution in [-0.2, 0) is 14.8 Å². The topological polar surface area (TPSA) is 57.7 Å². The maximum Gasteiger partial charge on any atom is 0.248 e. The molecule has 1 atom stereocenters. The summed E-state index contributed by atoms with van der Waals surface area (Å²) >= 11 is 0. The molecule has 1 saturated carbocycles. The lowest BCUT2D eigenvalue weighted by atomic mass is 9.91. The van der Waals surface area contributed by atoms with Gasteiger partial charge in [-0.05, 0) is 56.9 Å². The van der Waals surface area contributed by atoms with Crippen LogP contribution in [0.3, 0.4) is 0 Å². The van der Waals surface area contributed by atoms with Gasteiger partial charge in [0.2, 0.25) is 21.9 Å². The van der Waals surface area contributed by atoms with E-state index in [9.17, 15) is 30.8 Å². The first-order valence-electron chi connectivity index (χ1n) is 11.6. The molecule has 1 heterocycles. The van der Waals surface area contributed by atoms with Crippen molar-refractivity contribution in [3.05, 3.63) is 53.6 Å². The molecule has 1 aliphatic heterocycles. The molecule has 1 aliphatic carbocycles.